The number of rotatable bonds is 1. The van der Waals surface area contributed by atoms with Crippen LogP contribution >= 0.6 is 0 Å². The Kier molecular flexibility index (Phi) is 1.59. The summed E-state index contributed by atoms with van der Waals surface area (Å²) in [5.74, 6) is 3.48. The van der Waals surface area contributed by atoms with Gasteiger partial charge in [0.05, 0.1) is 5.60 Å². The van der Waals surface area contributed by atoms with Crippen molar-refractivity contribution in [2.75, 3.05) is 0 Å². The summed E-state index contributed by atoms with van der Waals surface area (Å²) in [6.07, 6.45) is 7.76. The van der Waals surface area contributed by atoms with Crippen molar-refractivity contribution in [1.82, 2.24) is 0 Å². The van der Waals surface area contributed by atoms with Crippen LogP contribution in [0.5, 0.6) is 0 Å². The summed E-state index contributed by atoms with van der Waals surface area (Å²) in [5, 5.41) is 10.4. The van der Waals surface area contributed by atoms with Crippen LogP contribution in [0, 0.1) is 23.7 Å². The average Bonchev–Trinajstić information content (AvgIpc) is 2.72. The van der Waals surface area contributed by atoms with Gasteiger partial charge < -0.3 is 5.11 Å². The number of aliphatic hydroxyl groups is 1. The molecule has 0 heterocycles. The van der Waals surface area contributed by atoms with E-state index in [0.29, 0.717) is 5.92 Å². The van der Waals surface area contributed by atoms with Crippen LogP contribution in [0.4, 0.5) is 0 Å². The molecule has 0 unspecified atom stereocenters. The first-order valence-corrected chi connectivity index (χ1v) is 5.97. The van der Waals surface area contributed by atoms with Crippen molar-refractivity contribution >= 4 is 0 Å². The zero-order valence-corrected chi connectivity index (χ0v) is 8.50. The zero-order valence-electron chi connectivity index (χ0n) is 8.50. The molecule has 0 aromatic carbocycles. The molecule has 1 nitrogen and oxygen atoms in total. The molecule has 0 amide bonds. The Morgan fingerprint density at radius 3 is 2.85 bits per heavy atom. The minimum absolute atomic E-state index is 0.254. The van der Waals surface area contributed by atoms with Gasteiger partial charge >= 0.3 is 0 Å². The van der Waals surface area contributed by atoms with Gasteiger partial charge in [-0.3, -0.25) is 0 Å². The van der Waals surface area contributed by atoms with Gasteiger partial charge in [0.25, 0.3) is 0 Å². The molecule has 0 aliphatic heterocycles. The van der Waals surface area contributed by atoms with Crippen molar-refractivity contribution in [3.8, 4) is 0 Å². The van der Waals surface area contributed by atoms with Gasteiger partial charge in [0.15, 0.2) is 0 Å². The summed E-state index contributed by atoms with van der Waals surface area (Å²) < 4.78 is 0. The third-order valence-corrected chi connectivity index (χ3v) is 5.22. The van der Waals surface area contributed by atoms with Crippen molar-refractivity contribution in [1.29, 1.82) is 0 Å². The van der Waals surface area contributed by atoms with Crippen LogP contribution in [0.15, 0.2) is 0 Å². The van der Waals surface area contributed by atoms with Gasteiger partial charge in [-0.15, -0.1) is 0 Å². The van der Waals surface area contributed by atoms with E-state index in [1.165, 1.54) is 25.7 Å². The second-order valence-corrected chi connectivity index (χ2v) is 5.52. The Balaban J connectivity index is 1.89. The quantitative estimate of drug-likeness (QED) is 0.657. The maximum atomic E-state index is 10.4. The normalized spacial score (nSPS) is 58.6. The Hall–Kier alpha value is -0.0400. The topological polar surface area (TPSA) is 20.2 Å². The third-order valence-electron chi connectivity index (χ3n) is 5.22. The maximum Gasteiger partial charge on any atom is 0.0678 e. The first-order chi connectivity index (χ1) is 6.24. The van der Waals surface area contributed by atoms with Crippen LogP contribution in [-0.2, 0) is 0 Å². The Morgan fingerprint density at radius 2 is 2.08 bits per heavy atom. The molecular weight excluding hydrogens is 160 g/mol. The fourth-order valence-corrected chi connectivity index (χ4v) is 4.64. The zero-order chi connectivity index (χ0) is 9.05. The molecule has 13 heavy (non-hydrogen) atoms. The molecule has 3 aliphatic rings. The molecule has 3 fully saturated rings. The molecule has 3 rings (SSSR count). The summed E-state index contributed by atoms with van der Waals surface area (Å²) in [4.78, 5) is 0. The molecule has 0 aromatic heterocycles. The van der Waals surface area contributed by atoms with Gasteiger partial charge in [0, 0.05) is 0 Å². The van der Waals surface area contributed by atoms with Crippen LogP contribution < -0.4 is 0 Å². The maximum absolute atomic E-state index is 10.4. The lowest BCUT2D eigenvalue weighted by Crippen LogP contribution is -2.40. The molecule has 0 aromatic rings. The van der Waals surface area contributed by atoms with Crippen LogP contribution in [0.3, 0.4) is 0 Å². The van der Waals surface area contributed by atoms with Gasteiger partial charge in [0.1, 0.15) is 0 Å². The van der Waals surface area contributed by atoms with Crippen LogP contribution in [0.1, 0.15) is 45.4 Å². The monoisotopic (exact) mass is 180 g/mol. The average molecular weight is 180 g/mol. The SMILES string of the molecule is CC[C@@]1(O)C[C@H]2C[C@@H]1[C@H]1CCC[C@@H]21. The van der Waals surface area contributed by atoms with E-state index in [-0.39, 0.29) is 5.60 Å². The first kappa shape index (κ1) is 8.28. The van der Waals surface area contributed by atoms with Gasteiger partial charge in [-0.1, -0.05) is 13.3 Å². The van der Waals surface area contributed by atoms with Crippen molar-refractivity contribution in [2.45, 2.75) is 51.0 Å². The molecule has 5 atom stereocenters. The van der Waals surface area contributed by atoms with Gasteiger partial charge in [-0.2, -0.15) is 0 Å². The highest BCUT2D eigenvalue weighted by molar-refractivity contribution is 5.09. The minimum atomic E-state index is -0.254. The van der Waals surface area contributed by atoms with E-state index < -0.39 is 0 Å². The summed E-state index contributed by atoms with van der Waals surface area (Å²) in [7, 11) is 0. The summed E-state index contributed by atoms with van der Waals surface area (Å²) in [6.45, 7) is 2.16. The molecule has 0 radical (unpaired) electrons. The van der Waals surface area contributed by atoms with Crippen molar-refractivity contribution in [3.05, 3.63) is 0 Å². The van der Waals surface area contributed by atoms with Crippen molar-refractivity contribution in [2.24, 2.45) is 23.7 Å². The lowest BCUT2D eigenvalue weighted by Gasteiger charge is -2.38. The number of hydrogen-bond acceptors (Lipinski definition) is 1. The molecule has 74 valence electrons. The first-order valence-electron chi connectivity index (χ1n) is 5.97. The molecule has 0 spiro atoms. The summed E-state index contributed by atoms with van der Waals surface area (Å²) in [5.41, 5.74) is -0.254. The van der Waals surface area contributed by atoms with Crippen LogP contribution in [0.25, 0.3) is 0 Å². The predicted molar refractivity (Wildman–Crippen MR) is 52.3 cm³/mol. The Labute approximate surface area is 80.5 Å². The highest BCUT2D eigenvalue weighted by atomic mass is 16.3. The van der Waals surface area contributed by atoms with Crippen LogP contribution in [-0.4, -0.2) is 10.7 Å². The summed E-state index contributed by atoms with van der Waals surface area (Å²) in [6, 6.07) is 0. The van der Waals surface area contributed by atoms with E-state index in [2.05, 4.69) is 6.92 Å². The van der Waals surface area contributed by atoms with Crippen molar-refractivity contribution < 1.29 is 5.11 Å². The van der Waals surface area contributed by atoms with E-state index in [4.69, 9.17) is 0 Å². The van der Waals surface area contributed by atoms with Gasteiger partial charge in [-0.25, -0.2) is 0 Å². The standard InChI is InChI=1S/C12H20O/c1-2-12(13)7-8-6-11(12)10-5-3-4-9(8)10/h8-11,13H,2-7H2,1H3/t8-,9+,10+,11-,12-/m1/s1. The molecule has 0 saturated heterocycles. The second-order valence-electron chi connectivity index (χ2n) is 5.52. The molecule has 1 heteroatoms. The second kappa shape index (κ2) is 2.50. The van der Waals surface area contributed by atoms with E-state index >= 15 is 0 Å². The highest BCUT2D eigenvalue weighted by Crippen LogP contribution is 2.62. The fraction of sp³-hybridized carbons (Fsp3) is 1.00. The fourth-order valence-electron chi connectivity index (χ4n) is 4.64. The molecule has 3 aliphatic carbocycles. The largest absolute Gasteiger partial charge is 0.390 e. The highest BCUT2D eigenvalue weighted by Gasteiger charge is 2.59. The van der Waals surface area contributed by atoms with E-state index in [1.54, 1.807) is 0 Å². The predicted octanol–water partition coefficient (Wildman–Crippen LogP) is 2.58. The summed E-state index contributed by atoms with van der Waals surface area (Å²) >= 11 is 0. The number of hydrogen-bond donors (Lipinski definition) is 1. The van der Waals surface area contributed by atoms with Crippen molar-refractivity contribution in [3.63, 3.8) is 0 Å². The van der Waals surface area contributed by atoms with E-state index in [1.807, 2.05) is 0 Å². The molecule has 2 bridgehead atoms. The molecule has 3 saturated carbocycles. The lowest BCUT2D eigenvalue weighted by atomic mass is 9.72. The smallest absolute Gasteiger partial charge is 0.0678 e. The minimum Gasteiger partial charge on any atom is -0.390 e. The van der Waals surface area contributed by atoms with Gasteiger partial charge in [0.2, 0.25) is 0 Å². The molecular formula is C12H20O. The molecule has 1 N–H and O–H groups in total. The van der Waals surface area contributed by atoms with E-state index in [0.717, 1.165) is 30.6 Å². The van der Waals surface area contributed by atoms with Crippen LogP contribution in [0.2, 0.25) is 0 Å². The lowest BCUT2D eigenvalue weighted by molar-refractivity contribution is -0.0482. The third kappa shape index (κ3) is 0.918. The Bertz CT molecular complexity index is 225. The van der Waals surface area contributed by atoms with E-state index in [9.17, 15) is 5.11 Å². The number of fused-ring (bicyclic) bond motifs is 5. The Morgan fingerprint density at radius 1 is 1.31 bits per heavy atom. The van der Waals surface area contributed by atoms with Gasteiger partial charge in [-0.05, 0) is 55.8 Å².